The molecule has 0 spiro atoms. The molecule has 0 aliphatic carbocycles. The Morgan fingerprint density at radius 1 is 0.892 bits per heavy atom. The Bertz CT molecular complexity index is 1630. The van der Waals surface area contributed by atoms with E-state index in [1.807, 2.05) is 45.0 Å². The number of nitrogens with zero attached hydrogens (tertiary/aromatic N) is 2. The lowest BCUT2D eigenvalue weighted by Gasteiger charge is -2.27. The Labute approximate surface area is 220 Å². The van der Waals surface area contributed by atoms with E-state index in [0.29, 0.717) is 24.4 Å². The normalized spacial score (nSPS) is 14.7. The first-order valence-corrected chi connectivity index (χ1v) is 14.1. The predicted molar refractivity (Wildman–Crippen MR) is 151 cm³/mol. The number of ether oxygens (including phenoxy) is 1. The van der Waals surface area contributed by atoms with Crippen LogP contribution in [0.3, 0.4) is 0 Å². The maximum absolute atomic E-state index is 13.5. The van der Waals surface area contributed by atoms with Gasteiger partial charge in [0.05, 0.1) is 12.0 Å². The molecule has 4 aromatic rings. The second kappa shape index (κ2) is 9.84. The molecule has 2 heterocycles. The van der Waals surface area contributed by atoms with Gasteiger partial charge in [-0.3, -0.25) is 0 Å². The lowest BCUT2D eigenvalue weighted by molar-refractivity contribution is 0.414. The summed E-state index contributed by atoms with van der Waals surface area (Å²) in [6, 6.07) is 20.4. The van der Waals surface area contributed by atoms with Gasteiger partial charge in [-0.15, -0.1) is 0 Å². The number of hydrogen-bond donors (Lipinski definition) is 0. The second-order valence-corrected chi connectivity index (χ2v) is 11.9. The third-order valence-corrected chi connectivity index (χ3v) is 9.61. The second-order valence-electron chi connectivity index (χ2n) is 9.96. The van der Waals surface area contributed by atoms with Crippen LogP contribution in [-0.2, 0) is 16.6 Å². The van der Waals surface area contributed by atoms with Crippen molar-refractivity contribution in [2.45, 2.75) is 45.6 Å². The Hall–Kier alpha value is -3.35. The Morgan fingerprint density at radius 2 is 1.65 bits per heavy atom. The van der Waals surface area contributed by atoms with Gasteiger partial charge in [-0.2, -0.15) is 4.31 Å². The number of para-hydroxylation sites is 1. The molecular formula is C31H34N2O3S. The van der Waals surface area contributed by atoms with Crippen molar-refractivity contribution in [2.24, 2.45) is 0 Å². The van der Waals surface area contributed by atoms with Crippen molar-refractivity contribution in [3.63, 3.8) is 0 Å². The van der Waals surface area contributed by atoms with E-state index in [4.69, 9.17) is 4.74 Å². The molecule has 0 amide bonds. The Kier molecular flexibility index (Phi) is 6.73. The lowest BCUT2D eigenvalue weighted by Crippen LogP contribution is -2.35. The highest BCUT2D eigenvalue weighted by Gasteiger charge is 2.29. The summed E-state index contributed by atoms with van der Waals surface area (Å²) in [6.45, 7) is 9.61. The Morgan fingerprint density at radius 3 is 2.38 bits per heavy atom. The van der Waals surface area contributed by atoms with Gasteiger partial charge in [0.25, 0.3) is 0 Å². The van der Waals surface area contributed by atoms with E-state index < -0.39 is 10.0 Å². The van der Waals surface area contributed by atoms with E-state index in [-0.39, 0.29) is 0 Å². The summed E-state index contributed by atoms with van der Waals surface area (Å²) in [6.07, 6.45) is 2.78. The summed E-state index contributed by atoms with van der Waals surface area (Å²) in [5, 5.41) is 1.20. The average molecular weight is 515 g/mol. The monoisotopic (exact) mass is 514 g/mol. The van der Waals surface area contributed by atoms with Crippen LogP contribution < -0.4 is 4.74 Å². The molecule has 0 N–H and O–H groups in total. The number of benzene rings is 3. The summed E-state index contributed by atoms with van der Waals surface area (Å²) in [4.78, 5) is 0.415. The molecule has 192 valence electrons. The molecule has 5 rings (SSSR count). The number of rotatable bonds is 6. The van der Waals surface area contributed by atoms with Crippen LogP contribution in [0.4, 0.5) is 0 Å². The molecule has 0 saturated carbocycles. The zero-order valence-electron chi connectivity index (χ0n) is 22.2. The highest BCUT2D eigenvalue weighted by molar-refractivity contribution is 7.89. The van der Waals surface area contributed by atoms with Crippen LogP contribution in [0, 0.1) is 27.7 Å². The third kappa shape index (κ3) is 4.60. The standard InChI is InChI=1S/C31H34N2O3S/c1-21-17-23(3)30(18-22(21)2)37(34,35)32-15-13-26(14-16-32)31-24(4)33(29-12-7-6-11-28(29)31)20-25-9-8-10-27(19-25)36-5/h6-13,17-19H,14-16,20H2,1-5H3. The summed E-state index contributed by atoms with van der Waals surface area (Å²) in [5.41, 5.74) is 8.88. The van der Waals surface area contributed by atoms with Gasteiger partial charge in [0, 0.05) is 41.8 Å². The summed E-state index contributed by atoms with van der Waals surface area (Å²) in [7, 11) is -1.87. The van der Waals surface area contributed by atoms with E-state index in [1.165, 1.54) is 33.3 Å². The molecule has 0 unspecified atom stereocenters. The molecule has 1 aliphatic heterocycles. The third-order valence-electron chi connectivity index (χ3n) is 7.61. The van der Waals surface area contributed by atoms with Crippen LogP contribution in [0.15, 0.2) is 71.6 Å². The van der Waals surface area contributed by atoms with Gasteiger partial charge < -0.3 is 9.30 Å². The van der Waals surface area contributed by atoms with Crippen LogP contribution in [0.1, 0.15) is 39.9 Å². The number of sulfonamides is 1. The summed E-state index contributed by atoms with van der Waals surface area (Å²) < 4.78 is 36.5. The number of hydrogen-bond acceptors (Lipinski definition) is 3. The molecule has 6 heteroatoms. The molecule has 1 aliphatic rings. The van der Waals surface area contributed by atoms with Crippen molar-refractivity contribution in [2.75, 3.05) is 20.2 Å². The zero-order chi connectivity index (χ0) is 26.3. The van der Waals surface area contributed by atoms with Crippen molar-refractivity contribution in [3.8, 4) is 5.75 Å². The number of aromatic nitrogens is 1. The maximum atomic E-state index is 13.5. The van der Waals surface area contributed by atoms with Gasteiger partial charge in [-0.1, -0.05) is 42.5 Å². The van der Waals surface area contributed by atoms with Crippen LogP contribution in [0.2, 0.25) is 0 Å². The smallest absolute Gasteiger partial charge is 0.243 e. The van der Waals surface area contributed by atoms with E-state index >= 15 is 0 Å². The lowest BCUT2D eigenvalue weighted by atomic mass is 9.97. The van der Waals surface area contributed by atoms with Crippen LogP contribution in [0.25, 0.3) is 16.5 Å². The maximum Gasteiger partial charge on any atom is 0.243 e. The molecule has 0 fully saturated rings. The molecule has 0 saturated heterocycles. The van der Waals surface area contributed by atoms with Gasteiger partial charge in [-0.25, -0.2) is 8.42 Å². The quantitative estimate of drug-likeness (QED) is 0.299. The SMILES string of the molecule is COc1cccc(Cn2c(C)c(C3=CCN(S(=O)(=O)c4cc(C)c(C)cc4C)CC3)c3ccccc32)c1. The van der Waals surface area contributed by atoms with Gasteiger partial charge in [0.15, 0.2) is 0 Å². The van der Waals surface area contributed by atoms with Crippen molar-refractivity contribution in [1.29, 1.82) is 0 Å². The number of aryl methyl sites for hydroxylation is 3. The molecule has 3 aromatic carbocycles. The van der Waals surface area contributed by atoms with Gasteiger partial charge in [0.2, 0.25) is 10.0 Å². The van der Waals surface area contributed by atoms with Crippen LogP contribution in [-0.4, -0.2) is 37.5 Å². The van der Waals surface area contributed by atoms with E-state index in [1.54, 1.807) is 11.4 Å². The Balaban J connectivity index is 1.49. The molecule has 5 nitrogen and oxygen atoms in total. The molecule has 0 bridgehead atoms. The fourth-order valence-corrected chi connectivity index (χ4v) is 7.11. The van der Waals surface area contributed by atoms with Gasteiger partial charge >= 0.3 is 0 Å². The minimum absolute atomic E-state index is 0.374. The fourth-order valence-electron chi connectivity index (χ4n) is 5.44. The van der Waals surface area contributed by atoms with E-state index in [0.717, 1.165) is 29.0 Å². The summed E-state index contributed by atoms with van der Waals surface area (Å²) >= 11 is 0. The van der Waals surface area contributed by atoms with Crippen molar-refractivity contribution >= 4 is 26.5 Å². The highest BCUT2D eigenvalue weighted by atomic mass is 32.2. The molecule has 1 aromatic heterocycles. The van der Waals surface area contributed by atoms with Crippen LogP contribution >= 0.6 is 0 Å². The first kappa shape index (κ1) is 25.3. The largest absolute Gasteiger partial charge is 0.497 e. The van der Waals surface area contributed by atoms with Crippen molar-refractivity contribution in [3.05, 3.63) is 100 Å². The first-order chi connectivity index (χ1) is 17.7. The first-order valence-electron chi connectivity index (χ1n) is 12.7. The zero-order valence-corrected chi connectivity index (χ0v) is 23.0. The van der Waals surface area contributed by atoms with E-state index in [9.17, 15) is 8.42 Å². The minimum Gasteiger partial charge on any atom is -0.497 e. The highest BCUT2D eigenvalue weighted by Crippen LogP contribution is 2.36. The molecular weight excluding hydrogens is 480 g/mol. The minimum atomic E-state index is -3.56. The topological polar surface area (TPSA) is 51.5 Å². The van der Waals surface area contributed by atoms with Crippen molar-refractivity contribution < 1.29 is 13.2 Å². The fraction of sp³-hybridized carbons (Fsp3) is 0.290. The van der Waals surface area contributed by atoms with Crippen LogP contribution in [0.5, 0.6) is 5.75 Å². The van der Waals surface area contributed by atoms with Gasteiger partial charge in [-0.05, 0) is 86.2 Å². The molecule has 0 atom stereocenters. The van der Waals surface area contributed by atoms with Gasteiger partial charge in [0.1, 0.15) is 5.75 Å². The van der Waals surface area contributed by atoms with E-state index in [2.05, 4.69) is 54.0 Å². The molecule has 37 heavy (non-hydrogen) atoms. The number of fused-ring (bicyclic) bond motifs is 1. The summed E-state index contributed by atoms with van der Waals surface area (Å²) in [5.74, 6) is 0.849. The van der Waals surface area contributed by atoms with Crippen molar-refractivity contribution in [1.82, 2.24) is 8.87 Å². The molecule has 0 radical (unpaired) electrons. The average Bonchev–Trinajstić information content (AvgIpc) is 3.17. The predicted octanol–water partition coefficient (Wildman–Crippen LogP) is 6.41. The number of methoxy groups -OCH3 is 1.